The van der Waals surface area contributed by atoms with Crippen molar-refractivity contribution >= 4 is 33.3 Å². The molecule has 138 valence electrons. The molecule has 0 spiro atoms. The quantitative estimate of drug-likeness (QED) is 0.496. The summed E-state index contributed by atoms with van der Waals surface area (Å²) >= 11 is 3.16. The summed E-state index contributed by atoms with van der Waals surface area (Å²) in [7, 11) is 0. The third-order valence-electron chi connectivity index (χ3n) is 4.61. The molecule has 1 atom stereocenters. The van der Waals surface area contributed by atoms with E-state index in [-0.39, 0.29) is 10.8 Å². The first kappa shape index (κ1) is 18.0. The van der Waals surface area contributed by atoms with Crippen LogP contribution in [-0.4, -0.2) is 19.5 Å². The van der Waals surface area contributed by atoms with Crippen LogP contribution < -0.4 is 5.56 Å². The van der Waals surface area contributed by atoms with Gasteiger partial charge in [-0.05, 0) is 51.0 Å². The molecule has 4 rings (SSSR count). The number of imidazole rings is 1. The Morgan fingerprint density at radius 3 is 2.85 bits per heavy atom. The van der Waals surface area contributed by atoms with Crippen molar-refractivity contribution in [3.05, 3.63) is 68.8 Å². The lowest BCUT2D eigenvalue weighted by Crippen LogP contribution is -2.12. The first-order chi connectivity index (χ1) is 12.9. The normalized spacial score (nSPS) is 12.6. The predicted octanol–water partition coefficient (Wildman–Crippen LogP) is 4.95. The Balaban J connectivity index is 1.68. The first-order valence-corrected chi connectivity index (χ1v) is 10.4. The largest absolute Gasteiger partial charge is 0.309 e. The maximum atomic E-state index is 12.5. The number of hydrogen-bond donors (Lipinski definition) is 1. The molecule has 0 fully saturated rings. The average Bonchev–Trinajstić information content (AvgIpc) is 3.19. The summed E-state index contributed by atoms with van der Waals surface area (Å²) in [6.45, 7) is 8.11. The van der Waals surface area contributed by atoms with Gasteiger partial charge in [-0.15, -0.1) is 11.3 Å². The molecule has 0 amide bonds. The smallest absolute Gasteiger partial charge is 0.259 e. The number of aromatic nitrogens is 4. The Kier molecular flexibility index (Phi) is 4.65. The number of thiophene rings is 1. The summed E-state index contributed by atoms with van der Waals surface area (Å²) in [6.07, 6.45) is 3.75. The van der Waals surface area contributed by atoms with Gasteiger partial charge in [0.05, 0.1) is 10.6 Å². The van der Waals surface area contributed by atoms with Crippen molar-refractivity contribution in [2.75, 3.05) is 0 Å². The van der Waals surface area contributed by atoms with Gasteiger partial charge >= 0.3 is 0 Å². The van der Waals surface area contributed by atoms with E-state index in [0.29, 0.717) is 11.2 Å². The van der Waals surface area contributed by atoms with Crippen LogP contribution in [0.25, 0.3) is 15.9 Å². The molecule has 0 aliphatic heterocycles. The van der Waals surface area contributed by atoms with Gasteiger partial charge in [-0.1, -0.05) is 23.9 Å². The van der Waals surface area contributed by atoms with Gasteiger partial charge in [0.1, 0.15) is 10.7 Å². The van der Waals surface area contributed by atoms with E-state index < -0.39 is 0 Å². The average molecular weight is 397 g/mol. The summed E-state index contributed by atoms with van der Waals surface area (Å²) in [5.74, 6) is 0.678. The summed E-state index contributed by atoms with van der Waals surface area (Å²) in [5.41, 5.74) is 3.23. The fourth-order valence-corrected chi connectivity index (χ4v) is 5.01. The molecule has 3 heterocycles. The van der Waals surface area contributed by atoms with Crippen LogP contribution in [0.5, 0.6) is 0 Å². The summed E-state index contributed by atoms with van der Waals surface area (Å²) in [4.78, 5) is 26.7. The molecule has 0 aliphatic carbocycles. The number of nitrogens with zero attached hydrogens (tertiary/aromatic N) is 3. The Morgan fingerprint density at radius 2 is 2.07 bits per heavy atom. The van der Waals surface area contributed by atoms with Gasteiger partial charge in [-0.25, -0.2) is 9.97 Å². The van der Waals surface area contributed by atoms with E-state index in [0.717, 1.165) is 26.1 Å². The number of benzene rings is 1. The Morgan fingerprint density at radius 1 is 1.26 bits per heavy atom. The van der Waals surface area contributed by atoms with Crippen LogP contribution in [0.15, 0.2) is 46.6 Å². The van der Waals surface area contributed by atoms with Crippen LogP contribution in [0.3, 0.4) is 0 Å². The summed E-state index contributed by atoms with van der Waals surface area (Å²) in [5, 5.41) is 1.55. The number of rotatable bonds is 4. The topological polar surface area (TPSA) is 63.6 Å². The SMILES string of the molecule is Cc1cccc(-n2ccnc2SC(C)c2nc3sc(C)c(C)c3c(=O)[nH]2)c1. The zero-order valence-corrected chi connectivity index (χ0v) is 17.2. The number of aryl methyl sites for hydroxylation is 3. The fourth-order valence-electron chi connectivity index (χ4n) is 3.03. The lowest BCUT2D eigenvalue weighted by molar-refractivity contribution is 0.869. The molecular weight excluding hydrogens is 376 g/mol. The molecule has 27 heavy (non-hydrogen) atoms. The van der Waals surface area contributed by atoms with Crippen molar-refractivity contribution in [3.63, 3.8) is 0 Å². The third-order valence-corrected chi connectivity index (χ3v) is 6.80. The Bertz CT molecular complexity index is 1190. The van der Waals surface area contributed by atoms with E-state index in [9.17, 15) is 4.79 Å². The highest BCUT2D eigenvalue weighted by Crippen LogP contribution is 2.34. The van der Waals surface area contributed by atoms with Crippen LogP contribution in [0, 0.1) is 20.8 Å². The molecule has 0 radical (unpaired) electrons. The fraction of sp³-hybridized carbons (Fsp3) is 0.250. The second kappa shape index (κ2) is 6.98. The molecule has 7 heteroatoms. The van der Waals surface area contributed by atoms with Crippen molar-refractivity contribution in [3.8, 4) is 5.69 Å². The van der Waals surface area contributed by atoms with Gasteiger partial charge in [0.2, 0.25) is 0 Å². The summed E-state index contributed by atoms with van der Waals surface area (Å²) < 4.78 is 2.06. The molecule has 0 aliphatic rings. The van der Waals surface area contributed by atoms with E-state index in [1.54, 1.807) is 29.3 Å². The molecule has 4 aromatic rings. The third kappa shape index (κ3) is 3.33. The number of fused-ring (bicyclic) bond motifs is 1. The summed E-state index contributed by atoms with van der Waals surface area (Å²) in [6, 6.07) is 8.30. The van der Waals surface area contributed by atoms with Crippen LogP contribution in [0.1, 0.15) is 34.0 Å². The first-order valence-electron chi connectivity index (χ1n) is 8.71. The molecule has 1 N–H and O–H groups in total. The van der Waals surface area contributed by atoms with Crippen LogP contribution in [-0.2, 0) is 0 Å². The zero-order valence-electron chi connectivity index (χ0n) is 15.6. The highest BCUT2D eigenvalue weighted by Gasteiger charge is 2.18. The van der Waals surface area contributed by atoms with Crippen molar-refractivity contribution in [2.24, 2.45) is 0 Å². The lowest BCUT2D eigenvalue weighted by atomic mass is 10.2. The van der Waals surface area contributed by atoms with Gasteiger partial charge in [0.15, 0.2) is 5.16 Å². The Hall–Kier alpha value is -2.38. The number of thioether (sulfide) groups is 1. The predicted molar refractivity (Wildman–Crippen MR) is 112 cm³/mol. The van der Waals surface area contributed by atoms with E-state index in [4.69, 9.17) is 4.98 Å². The van der Waals surface area contributed by atoms with Crippen molar-refractivity contribution in [1.82, 2.24) is 19.5 Å². The van der Waals surface area contributed by atoms with E-state index in [1.165, 1.54) is 5.56 Å². The van der Waals surface area contributed by atoms with Gasteiger partial charge in [0, 0.05) is 23.0 Å². The second-order valence-electron chi connectivity index (χ2n) is 6.59. The number of aromatic amines is 1. The van der Waals surface area contributed by atoms with E-state index >= 15 is 0 Å². The Labute approximate surface area is 165 Å². The monoisotopic (exact) mass is 396 g/mol. The molecule has 0 saturated heterocycles. The standard InChI is InChI=1S/C20H20N4OS2/c1-11-6-5-7-15(10-11)24-9-8-21-20(24)27-14(4)17-22-18(25)16-12(2)13(3)26-19(16)23-17/h5-10,14H,1-4H3,(H,22,23,25). The lowest BCUT2D eigenvalue weighted by Gasteiger charge is -2.12. The molecule has 5 nitrogen and oxygen atoms in total. The zero-order chi connectivity index (χ0) is 19.1. The van der Waals surface area contributed by atoms with Gasteiger partial charge in [-0.3, -0.25) is 9.36 Å². The van der Waals surface area contributed by atoms with E-state index in [2.05, 4.69) is 39.7 Å². The number of H-pyrrole nitrogens is 1. The van der Waals surface area contributed by atoms with Gasteiger partial charge in [0.25, 0.3) is 5.56 Å². The minimum atomic E-state index is -0.0636. The van der Waals surface area contributed by atoms with Gasteiger partial charge < -0.3 is 4.98 Å². The van der Waals surface area contributed by atoms with Crippen LogP contribution in [0.2, 0.25) is 0 Å². The number of hydrogen-bond acceptors (Lipinski definition) is 5. The minimum Gasteiger partial charge on any atom is -0.309 e. The van der Waals surface area contributed by atoms with Crippen molar-refractivity contribution in [2.45, 2.75) is 38.1 Å². The van der Waals surface area contributed by atoms with Gasteiger partial charge in [-0.2, -0.15) is 0 Å². The molecular formula is C20H20N4OS2. The number of nitrogens with one attached hydrogen (secondary N) is 1. The molecule has 1 unspecified atom stereocenters. The van der Waals surface area contributed by atoms with E-state index in [1.807, 2.05) is 33.0 Å². The highest BCUT2D eigenvalue weighted by atomic mass is 32.2. The minimum absolute atomic E-state index is 0.0317. The molecule has 0 saturated carbocycles. The molecule has 0 bridgehead atoms. The van der Waals surface area contributed by atoms with Crippen molar-refractivity contribution < 1.29 is 0 Å². The molecule has 3 aromatic heterocycles. The maximum Gasteiger partial charge on any atom is 0.259 e. The van der Waals surface area contributed by atoms with Crippen molar-refractivity contribution in [1.29, 1.82) is 0 Å². The second-order valence-corrected chi connectivity index (χ2v) is 9.10. The van der Waals surface area contributed by atoms with Crippen LogP contribution in [0.4, 0.5) is 0 Å². The highest BCUT2D eigenvalue weighted by molar-refractivity contribution is 7.99. The van der Waals surface area contributed by atoms with Crippen LogP contribution >= 0.6 is 23.1 Å². The molecule has 1 aromatic carbocycles. The maximum absolute atomic E-state index is 12.5.